The Kier molecular flexibility index (Phi) is 5.36. The number of pyridine rings is 1. The number of imidazole rings is 1. The summed E-state index contributed by atoms with van der Waals surface area (Å²) in [5.41, 5.74) is 2.46. The van der Waals surface area contributed by atoms with Gasteiger partial charge in [-0.3, -0.25) is 9.48 Å². The normalized spacial score (nSPS) is 12.2. The second-order valence-corrected chi connectivity index (χ2v) is 8.18. The molecule has 4 rings (SSSR count). The lowest BCUT2D eigenvalue weighted by molar-refractivity contribution is -0.115. The number of amides is 1. The fraction of sp³-hybridized carbons (Fsp3) is 0.150. The smallest absolute Gasteiger partial charge is 0.237 e. The summed E-state index contributed by atoms with van der Waals surface area (Å²) in [6.45, 7) is 2.41. The van der Waals surface area contributed by atoms with Crippen molar-refractivity contribution < 1.29 is 4.79 Å². The Labute approximate surface area is 171 Å². The molecule has 0 radical (unpaired) electrons. The lowest BCUT2D eigenvalue weighted by Gasteiger charge is -2.10. The van der Waals surface area contributed by atoms with E-state index in [-0.39, 0.29) is 11.2 Å². The fourth-order valence-electron chi connectivity index (χ4n) is 2.76. The van der Waals surface area contributed by atoms with Gasteiger partial charge in [-0.2, -0.15) is 5.10 Å². The van der Waals surface area contributed by atoms with Gasteiger partial charge in [-0.25, -0.2) is 4.98 Å². The molecular weight excluding hydrogens is 394 g/mol. The summed E-state index contributed by atoms with van der Waals surface area (Å²) in [4.78, 5) is 18.0. The summed E-state index contributed by atoms with van der Waals surface area (Å²) in [6.07, 6.45) is 7.38. The molecule has 0 aliphatic carbocycles. The molecule has 1 aromatic carbocycles. The average molecular weight is 412 g/mol. The summed E-state index contributed by atoms with van der Waals surface area (Å²) in [5, 5.41) is 7.66. The van der Waals surface area contributed by atoms with E-state index in [0.29, 0.717) is 17.3 Å². The van der Waals surface area contributed by atoms with Crippen molar-refractivity contribution in [1.29, 1.82) is 0 Å². The van der Waals surface area contributed by atoms with Crippen molar-refractivity contribution in [1.82, 2.24) is 19.2 Å². The lowest BCUT2D eigenvalue weighted by atomic mass is 10.4. The monoisotopic (exact) mass is 411 g/mol. The van der Waals surface area contributed by atoms with Gasteiger partial charge < -0.3 is 9.72 Å². The van der Waals surface area contributed by atoms with Crippen LogP contribution in [-0.2, 0) is 11.3 Å². The molecule has 1 unspecified atom stereocenters. The minimum absolute atomic E-state index is 0.0766. The predicted molar refractivity (Wildman–Crippen MR) is 112 cm³/mol. The number of hydrogen-bond acceptors (Lipinski definition) is 4. The highest BCUT2D eigenvalue weighted by atomic mass is 35.5. The number of aromatic nitrogens is 4. The highest BCUT2D eigenvalue weighted by Gasteiger charge is 2.15. The number of hydrogen-bond donors (Lipinski definition) is 1. The molecule has 28 heavy (non-hydrogen) atoms. The number of benzene rings is 1. The molecule has 6 nitrogen and oxygen atoms in total. The van der Waals surface area contributed by atoms with E-state index in [2.05, 4.69) is 15.4 Å². The second kappa shape index (κ2) is 8.08. The predicted octanol–water partition coefficient (Wildman–Crippen LogP) is 4.35. The fourth-order valence-corrected chi connectivity index (χ4v) is 3.75. The van der Waals surface area contributed by atoms with Gasteiger partial charge in [-0.15, -0.1) is 11.8 Å². The SMILES string of the molecule is CC(Sc1ccc(Cl)cc1)C(=O)Nc1cnn(Cc2cn3ccccc3n2)c1. The van der Waals surface area contributed by atoms with Crippen LogP contribution in [-0.4, -0.2) is 30.3 Å². The molecule has 1 N–H and O–H groups in total. The molecule has 0 spiro atoms. The zero-order chi connectivity index (χ0) is 19.5. The van der Waals surface area contributed by atoms with Crippen molar-refractivity contribution in [2.75, 3.05) is 5.32 Å². The van der Waals surface area contributed by atoms with Gasteiger partial charge in [0, 0.05) is 28.5 Å². The van der Waals surface area contributed by atoms with E-state index in [1.165, 1.54) is 11.8 Å². The first kappa shape index (κ1) is 18.6. The number of fused-ring (bicyclic) bond motifs is 1. The molecule has 142 valence electrons. The molecule has 0 saturated heterocycles. The standard InChI is InChI=1S/C20H18ClN5OS/c1-14(28-18-7-5-15(21)6-8-18)20(27)24-16-10-22-26(12-16)13-17-11-25-9-3-2-4-19(25)23-17/h2-12,14H,13H2,1H3,(H,24,27). The molecule has 0 aliphatic heterocycles. The van der Waals surface area contributed by atoms with E-state index in [0.717, 1.165) is 16.2 Å². The van der Waals surface area contributed by atoms with Gasteiger partial charge in [0.25, 0.3) is 0 Å². The van der Waals surface area contributed by atoms with Crippen LogP contribution in [0.25, 0.3) is 5.65 Å². The molecule has 1 atom stereocenters. The van der Waals surface area contributed by atoms with Crippen molar-refractivity contribution in [2.24, 2.45) is 0 Å². The van der Waals surface area contributed by atoms with E-state index in [1.54, 1.807) is 10.9 Å². The maximum Gasteiger partial charge on any atom is 0.237 e. The van der Waals surface area contributed by atoms with Crippen LogP contribution in [0.4, 0.5) is 5.69 Å². The van der Waals surface area contributed by atoms with Crippen LogP contribution in [0.2, 0.25) is 5.02 Å². The summed E-state index contributed by atoms with van der Waals surface area (Å²) in [6, 6.07) is 13.3. The average Bonchev–Trinajstić information content (AvgIpc) is 3.29. The molecule has 4 aromatic rings. The molecule has 0 bridgehead atoms. The molecule has 0 saturated carbocycles. The molecular formula is C20H18ClN5OS. The largest absolute Gasteiger partial charge is 0.322 e. The zero-order valence-corrected chi connectivity index (χ0v) is 16.7. The number of carbonyl (C=O) groups is 1. The maximum absolute atomic E-state index is 12.5. The number of thioether (sulfide) groups is 1. The number of anilines is 1. The summed E-state index contributed by atoms with van der Waals surface area (Å²) >= 11 is 7.38. The van der Waals surface area contributed by atoms with E-state index < -0.39 is 0 Å². The number of rotatable bonds is 6. The van der Waals surface area contributed by atoms with Crippen LogP contribution in [0, 0.1) is 0 Å². The van der Waals surface area contributed by atoms with E-state index in [4.69, 9.17) is 11.6 Å². The van der Waals surface area contributed by atoms with Gasteiger partial charge >= 0.3 is 0 Å². The highest BCUT2D eigenvalue weighted by Crippen LogP contribution is 2.25. The number of halogens is 1. The summed E-state index contributed by atoms with van der Waals surface area (Å²) in [7, 11) is 0. The van der Waals surface area contributed by atoms with Crippen LogP contribution >= 0.6 is 23.4 Å². The highest BCUT2D eigenvalue weighted by molar-refractivity contribution is 8.00. The Morgan fingerprint density at radius 3 is 2.82 bits per heavy atom. The first-order chi connectivity index (χ1) is 13.6. The van der Waals surface area contributed by atoms with Gasteiger partial charge in [0.2, 0.25) is 5.91 Å². The number of carbonyl (C=O) groups excluding carboxylic acids is 1. The number of nitrogens with one attached hydrogen (secondary N) is 1. The number of nitrogens with zero attached hydrogens (tertiary/aromatic N) is 4. The molecule has 0 aliphatic rings. The summed E-state index contributed by atoms with van der Waals surface area (Å²) in [5.74, 6) is -0.0766. The van der Waals surface area contributed by atoms with E-state index in [1.807, 2.05) is 72.4 Å². The lowest BCUT2D eigenvalue weighted by Crippen LogP contribution is -2.22. The first-order valence-corrected chi connectivity index (χ1v) is 10.0. The van der Waals surface area contributed by atoms with Crippen molar-refractivity contribution in [3.8, 4) is 0 Å². The third kappa shape index (κ3) is 4.37. The summed E-state index contributed by atoms with van der Waals surface area (Å²) < 4.78 is 3.73. The van der Waals surface area contributed by atoms with Crippen LogP contribution in [0.15, 0.2) is 72.1 Å². The minimum Gasteiger partial charge on any atom is -0.322 e. The molecule has 3 aromatic heterocycles. The van der Waals surface area contributed by atoms with Gasteiger partial charge in [0.15, 0.2) is 0 Å². The second-order valence-electron chi connectivity index (χ2n) is 6.33. The van der Waals surface area contributed by atoms with Crippen LogP contribution in [0.5, 0.6) is 0 Å². The first-order valence-electron chi connectivity index (χ1n) is 8.75. The maximum atomic E-state index is 12.5. The Morgan fingerprint density at radius 1 is 1.21 bits per heavy atom. The topological polar surface area (TPSA) is 64.2 Å². The van der Waals surface area contributed by atoms with Crippen molar-refractivity contribution in [2.45, 2.75) is 23.6 Å². The van der Waals surface area contributed by atoms with Gasteiger partial charge in [-0.05, 0) is 43.3 Å². The van der Waals surface area contributed by atoms with Crippen LogP contribution in [0.3, 0.4) is 0 Å². The van der Waals surface area contributed by atoms with Crippen LogP contribution < -0.4 is 5.32 Å². The molecule has 1 amide bonds. The van der Waals surface area contributed by atoms with Crippen molar-refractivity contribution in [3.63, 3.8) is 0 Å². The Hall–Kier alpha value is -2.77. The van der Waals surface area contributed by atoms with E-state index in [9.17, 15) is 4.79 Å². The van der Waals surface area contributed by atoms with Crippen molar-refractivity contribution in [3.05, 3.63) is 78.0 Å². The third-order valence-corrected chi connectivity index (χ3v) is 5.50. The van der Waals surface area contributed by atoms with Gasteiger partial charge in [-0.1, -0.05) is 17.7 Å². The Morgan fingerprint density at radius 2 is 2.04 bits per heavy atom. The zero-order valence-electron chi connectivity index (χ0n) is 15.1. The quantitative estimate of drug-likeness (QED) is 0.479. The molecule has 0 fully saturated rings. The van der Waals surface area contributed by atoms with Crippen LogP contribution in [0.1, 0.15) is 12.6 Å². The van der Waals surface area contributed by atoms with Crippen molar-refractivity contribution >= 4 is 40.6 Å². The third-order valence-electron chi connectivity index (χ3n) is 4.13. The van der Waals surface area contributed by atoms with E-state index >= 15 is 0 Å². The Bertz CT molecular complexity index is 1070. The van der Waals surface area contributed by atoms with Gasteiger partial charge in [0.05, 0.1) is 29.4 Å². The minimum atomic E-state index is -0.247. The molecule has 8 heteroatoms. The Balaban J connectivity index is 1.37. The van der Waals surface area contributed by atoms with Gasteiger partial charge in [0.1, 0.15) is 5.65 Å². The molecule has 3 heterocycles.